The van der Waals surface area contributed by atoms with Gasteiger partial charge in [-0.15, -0.1) is 23.1 Å². The number of carbonyl (C=O) groups is 2. The van der Waals surface area contributed by atoms with Gasteiger partial charge in [0.15, 0.2) is 0 Å². The Bertz CT molecular complexity index is 554. The van der Waals surface area contributed by atoms with Gasteiger partial charge in [-0.2, -0.15) is 0 Å². The summed E-state index contributed by atoms with van der Waals surface area (Å²) < 4.78 is 0. The molecule has 3 amide bonds. The Labute approximate surface area is 146 Å². The lowest BCUT2D eigenvalue weighted by Gasteiger charge is -2.28. The summed E-state index contributed by atoms with van der Waals surface area (Å²) >= 11 is 3.35. The number of carbonyl (C=O) groups excluding carboxylic acids is 2. The third kappa shape index (κ3) is 4.64. The maximum Gasteiger partial charge on any atom is 0.317 e. The lowest BCUT2D eigenvalue weighted by molar-refractivity contribution is -0.129. The first kappa shape index (κ1) is 18.1. The molecule has 1 aromatic rings. The van der Waals surface area contributed by atoms with E-state index in [2.05, 4.69) is 11.4 Å². The molecule has 2 atom stereocenters. The lowest BCUT2D eigenvalue weighted by atomic mass is 10.1. The van der Waals surface area contributed by atoms with E-state index in [1.54, 1.807) is 35.0 Å². The molecule has 1 aromatic heterocycles. The van der Waals surface area contributed by atoms with Crippen molar-refractivity contribution in [2.24, 2.45) is 0 Å². The molecular weight excluding hydrogens is 330 g/mol. The molecular formula is C16H25N3O2S2. The molecule has 0 aromatic carbocycles. The Morgan fingerprint density at radius 2 is 2.13 bits per heavy atom. The van der Waals surface area contributed by atoms with Crippen molar-refractivity contribution in [1.29, 1.82) is 0 Å². The SMILES string of the molecule is CC1SC(c2cccs2)N(CCN(C)C(=O)NC(C)(C)C)C1=O. The van der Waals surface area contributed by atoms with E-state index in [1.807, 2.05) is 44.0 Å². The highest BCUT2D eigenvalue weighted by Gasteiger charge is 2.38. The van der Waals surface area contributed by atoms with Crippen molar-refractivity contribution in [3.05, 3.63) is 22.4 Å². The van der Waals surface area contributed by atoms with Crippen molar-refractivity contribution >= 4 is 35.0 Å². The topological polar surface area (TPSA) is 52.6 Å². The zero-order valence-electron chi connectivity index (χ0n) is 14.3. The van der Waals surface area contributed by atoms with Gasteiger partial charge in [-0.3, -0.25) is 4.79 Å². The van der Waals surface area contributed by atoms with Gasteiger partial charge in [0, 0.05) is 30.6 Å². The van der Waals surface area contributed by atoms with Gasteiger partial charge in [-0.1, -0.05) is 6.07 Å². The van der Waals surface area contributed by atoms with Crippen LogP contribution in [0, 0.1) is 0 Å². The molecule has 5 nitrogen and oxygen atoms in total. The maximum atomic E-state index is 12.4. The molecule has 0 radical (unpaired) electrons. The van der Waals surface area contributed by atoms with Crippen molar-refractivity contribution in [3.63, 3.8) is 0 Å². The van der Waals surface area contributed by atoms with Crippen LogP contribution in [0.2, 0.25) is 0 Å². The summed E-state index contributed by atoms with van der Waals surface area (Å²) in [7, 11) is 1.76. The van der Waals surface area contributed by atoms with Crippen molar-refractivity contribution in [2.45, 2.75) is 43.9 Å². The lowest BCUT2D eigenvalue weighted by Crippen LogP contribution is -2.49. The van der Waals surface area contributed by atoms with Crippen LogP contribution >= 0.6 is 23.1 Å². The Balaban J connectivity index is 1.97. The van der Waals surface area contributed by atoms with Crippen LogP contribution in [0.1, 0.15) is 37.9 Å². The highest BCUT2D eigenvalue weighted by molar-refractivity contribution is 8.01. The van der Waals surface area contributed by atoms with Crippen LogP contribution in [0.15, 0.2) is 17.5 Å². The molecule has 7 heteroatoms. The third-order valence-electron chi connectivity index (χ3n) is 3.54. The summed E-state index contributed by atoms with van der Waals surface area (Å²) in [6.07, 6.45) is 0. The number of nitrogens with one attached hydrogen (secondary N) is 1. The molecule has 1 fully saturated rings. The van der Waals surface area contributed by atoms with E-state index in [-0.39, 0.29) is 28.1 Å². The number of thioether (sulfide) groups is 1. The van der Waals surface area contributed by atoms with Crippen LogP contribution < -0.4 is 5.32 Å². The van der Waals surface area contributed by atoms with Gasteiger partial charge < -0.3 is 15.1 Å². The van der Waals surface area contributed by atoms with E-state index in [9.17, 15) is 9.59 Å². The molecule has 23 heavy (non-hydrogen) atoms. The smallest absolute Gasteiger partial charge is 0.317 e. The molecule has 0 spiro atoms. The van der Waals surface area contributed by atoms with Crippen LogP contribution in [0.4, 0.5) is 4.79 Å². The summed E-state index contributed by atoms with van der Waals surface area (Å²) in [4.78, 5) is 29.3. The summed E-state index contributed by atoms with van der Waals surface area (Å²) in [5.74, 6) is 0.151. The molecule has 0 bridgehead atoms. The van der Waals surface area contributed by atoms with Crippen molar-refractivity contribution < 1.29 is 9.59 Å². The Hall–Kier alpha value is -1.21. The molecule has 1 aliphatic heterocycles. The Morgan fingerprint density at radius 3 is 2.70 bits per heavy atom. The molecule has 128 valence electrons. The number of likely N-dealkylation sites (N-methyl/N-ethyl adjacent to an activating group) is 1. The number of amides is 3. The second kappa shape index (κ2) is 7.13. The average molecular weight is 356 g/mol. The fourth-order valence-electron chi connectivity index (χ4n) is 2.33. The van der Waals surface area contributed by atoms with Gasteiger partial charge in [0.25, 0.3) is 0 Å². The molecule has 0 aliphatic carbocycles. The number of nitrogens with zero attached hydrogens (tertiary/aromatic N) is 2. The fraction of sp³-hybridized carbons (Fsp3) is 0.625. The van der Waals surface area contributed by atoms with Gasteiger partial charge in [-0.25, -0.2) is 4.79 Å². The van der Waals surface area contributed by atoms with E-state index in [0.29, 0.717) is 13.1 Å². The zero-order valence-corrected chi connectivity index (χ0v) is 16.0. The zero-order chi connectivity index (χ0) is 17.2. The largest absolute Gasteiger partial charge is 0.333 e. The third-order valence-corrected chi connectivity index (χ3v) is 5.99. The molecule has 2 unspecified atom stereocenters. The molecule has 2 heterocycles. The fourth-order valence-corrected chi connectivity index (χ4v) is 4.59. The maximum absolute atomic E-state index is 12.4. The molecule has 0 saturated carbocycles. The minimum absolute atomic E-state index is 0.0317. The first-order valence-corrected chi connectivity index (χ1v) is 9.54. The van der Waals surface area contributed by atoms with E-state index < -0.39 is 0 Å². The van der Waals surface area contributed by atoms with Crippen LogP contribution in [0.3, 0.4) is 0 Å². The van der Waals surface area contributed by atoms with E-state index in [4.69, 9.17) is 0 Å². The summed E-state index contributed by atoms with van der Waals surface area (Å²) in [5.41, 5.74) is -0.265. The van der Waals surface area contributed by atoms with Crippen LogP contribution in [0.5, 0.6) is 0 Å². The number of urea groups is 1. The van der Waals surface area contributed by atoms with Gasteiger partial charge in [-0.05, 0) is 39.1 Å². The number of hydrogen-bond acceptors (Lipinski definition) is 4. The molecule has 1 N–H and O–H groups in total. The van der Waals surface area contributed by atoms with Crippen LogP contribution in [-0.2, 0) is 4.79 Å². The minimum atomic E-state index is -0.265. The van der Waals surface area contributed by atoms with Gasteiger partial charge in [0.2, 0.25) is 5.91 Å². The molecule has 1 saturated heterocycles. The van der Waals surface area contributed by atoms with E-state index in [0.717, 1.165) is 0 Å². The summed E-state index contributed by atoms with van der Waals surface area (Å²) in [6.45, 7) is 8.87. The highest BCUT2D eigenvalue weighted by atomic mass is 32.2. The van der Waals surface area contributed by atoms with Crippen molar-refractivity contribution in [1.82, 2.24) is 15.1 Å². The standard InChI is InChI=1S/C16H25N3O2S2/c1-11-13(20)19(14(23-11)12-7-6-10-22-12)9-8-18(5)15(21)17-16(2,3)4/h6-7,10-11,14H,8-9H2,1-5H3,(H,17,21). The van der Waals surface area contributed by atoms with Gasteiger partial charge in [0.05, 0.1) is 5.25 Å². The van der Waals surface area contributed by atoms with Gasteiger partial charge in [0.1, 0.15) is 5.37 Å². The normalized spacial score (nSPS) is 21.6. The quantitative estimate of drug-likeness (QED) is 0.903. The number of thiophene rings is 1. The number of hydrogen-bond donors (Lipinski definition) is 1. The summed E-state index contributed by atoms with van der Waals surface area (Å²) in [5, 5.41) is 5.00. The molecule has 1 aliphatic rings. The second-order valence-electron chi connectivity index (χ2n) is 6.78. The minimum Gasteiger partial charge on any atom is -0.333 e. The van der Waals surface area contributed by atoms with Crippen molar-refractivity contribution in [2.75, 3.05) is 20.1 Å². The number of rotatable bonds is 4. The first-order chi connectivity index (χ1) is 10.7. The first-order valence-electron chi connectivity index (χ1n) is 7.71. The molecule has 2 rings (SSSR count). The van der Waals surface area contributed by atoms with Gasteiger partial charge >= 0.3 is 6.03 Å². The van der Waals surface area contributed by atoms with E-state index >= 15 is 0 Å². The second-order valence-corrected chi connectivity index (χ2v) is 9.18. The Kier molecular flexibility index (Phi) is 5.62. The highest BCUT2D eigenvalue weighted by Crippen LogP contribution is 2.44. The Morgan fingerprint density at radius 1 is 1.43 bits per heavy atom. The monoisotopic (exact) mass is 355 g/mol. The summed E-state index contributed by atoms with van der Waals surface area (Å²) in [6, 6.07) is 3.96. The predicted molar refractivity (Wildman–Crippen MR) is 96.7 cm³/mol. The predicted octanol–water partition coefficient (Wildman–Crippen LogP) is 3.15. The van der Waals surface area contributed by atoms with Crippen molar-refractivity contribution in [3.8, 4) is 0 Å². The van der Waals surface area contributed by atoms with E-state index in [1.165, 1.54) is 4.88 Å². The average Bonchev–Trinajstić information content (AvgIpc) is 3.05. The van der Waals surface area contributed by atoms with Crippen LogP contribution in [-0.4, -0.2) is 52.7 Å². The van der Waals surface area contributed by atoms with Crippen LogP contribution in [0.25, 0.3) is 0 Å².